The van der Waals surface area contributed by atoms with Crippen LogP contribution in [-0.4, -0.2) is 41.8 Å². The summed E-state index contributed by atoms with van der Waals surface area (Å²) >= 11 is 4.83. The van der Waals surface area contributed by atoms with E-state index >= 15 is 0 Å². The average Bonchev–Trinajstić information content (AvgIpc) is 2.58. The first kappa shape index (κ1) is 7.60. The Balaban J connectivity index is 2.00. The van der Waals surface area contributed by atoms with Crippen LogP contribution in [0.5, 0.6) is 0 Å². The Hall–Kier alpha value is -1.04. The number of thiocarbonyl (C=S) groups is 1. The highest BCUT2D eigenvalue weighted by Crippen LogP contribution is 2.05. The van der Waals surface area contributed by atoms with Gasteiger partial charge >= 0.3 is 6.03 Å². The molecule has 5 nitrogen and oxygen atoms in total. The molecule has 2 aliphatic rings. The molecule has 2 amide bonds. The molecule has 2 aliphatic heterocycles. The van der Waals surface area contributed by atoms with Crippen LogP contribution in [0.1, 0.15) is 0 Å². The summed E-state index contributed by atoms with van der Waals surface area (Å²) in [6, 6.07) is -0.0461. The summed E-state index contributed by atoms with van der Waals surface area (Å²) in [6.45, 7) is 2.07. The summed E-state index contributed by atoms with van der Waals surface area (Å²) in [5.74, 6) is 0. The Morgan fingerprint density at radius 2 is 2.42 bits per heavy atom. The maximum absolute atomic E-state index is 11.2. The van der Waals surface area contributed by atoms with Gasteiger partial charge in [0.15, 0.2) is 5.11 Å². The Labute approximate surface area is 75.5 Å². The highest BCUT2D eigenvalue weighted by Gasteiger charge is 2.32. The van der Waals surface area contributed by atoms with Crippen molar-refractivity contribution >= 4 is 23.4 Å². The van der Waals surface area contributed by atoms with Crippen LogP contribution in [0, 0.1) is 0 Å². The summed E-state index contributed by atoms with van der Waals surface area (Å²) < 4.78 is 0. The van der Waals surface area contributed by atoms with Gasteiger partial charge in [-0.25, -0.2) is 10.1 Å². The van der Waals surface area contributed by atoms with E-state index in [0.717, 1.165) is 6.54 Å². The average molecular weight is 185 g/mol. The fourth-order valence-corrected chi connectivity index (χ4v) is 1.56. The normalized spacial score (nSPS) is 28.3. The second-order valence-corrected chi connectivity index (χ2v) is 3.11. The highest BCUT2D eigenvalue weighted by atomic mass is 32.1. The minimum absolute atomic E-state index is 0.0461. The SMILES string of the molecule is O=C1NCCN1C1CNC(=S)[N]1. The third kappa shape index (κ3) is 1.18. The number of urea groups is 1. The van der Waals surface area contributed by atoms with Gasteiger partial charge in [0.2, 0.25) is 0 Å². The molecule has 2 rings (SSSR count). The zero-order valence-corrected chi connectivity index (χ0v) is 7.23. The van der Waals surface area contributed by atoms with Gasteiger partial charge in [-0.05, 0) is 12.2 Å². The molecule has 0 aliphatic carbocycles. The third-order valence-corrected chi connectivity index (χ3v) is 2.20. The molecule has 0 aromatic carbocycles. The molecule has 1 atom stereocenters. The van der Waals surface area contributed by atoms with Crippen molar-refractivity contribution < 1.29 is 4.79 Å². The molecule has 6 heteroatoms. The first-order chi connectivity index (χ1) is 5.77. The summed E-state index contributed by atoms with van der Waals surface area (Å²) in [5.41, 5.74) is 0. The number of carbonyl (C=O) groups excluding carboxylic acids is 1. The van der Waals surface area contributed by atoms with E-state index in [4.69, 9.17) is 12.2 Å². The lowest BCUT2D eigenvalue weighted by Crippen LogP contribution is -2.43. The quantitative estimate of drug-likeness (QED) is 0.506. The fourth-order valence-electron chi connectivity index (χ4n) is 1.36. The maximum Gasteiger partial charge on any atom is 0.319 e. The number of nitrogens with zero attached hydrogens (tertiary/aromatic N) is 2. The van der Waals surface area contributed by atoms with Gasteiger partial charge in [0.25, 0.3) is 0 Å². The van der Waals surface area contributed by atoms with E-state index in [0.29, 0.717) is 18.2 Å². The van der Waals surface area contributed by atoms with E-state index in [2.05, 4.69) is 16.0 Å². The van der Waals surface area contributed by atoms with Crippen molar-refractivity contribution in [3.8, 4) is 0 Å². The Morgan fingerprint density at radius 1 is 1.58 bits per heavy atom. The molecule has 2 heterocycles. The molecule has 0 spiro atoms. The lowest BCUT2D eigenvalue weighted by Gasteiger charge is -2.19. The Morgan fingerprint density at radius 3 is 2.92 bits per heavy atom. The molecule has 0 aromatic rings. The molecule has 12 heavy (non-hydrogen) atoms. The number of nitrogens with one attached hydrogen (secondary N) is 2. The summed E-state index contributed by atoms with van der Waals surface area (Å²) in [6.07, 6.45) is -0.0972. The second kappa shape index (κ2) is 2.78. The van der Waals surface area contributed by atoms with Crippen molar-refractivity contribution in [2.24, 2.45) is 0 Å². The molecule has 0 saturated carbocycles. The summed E-state index contributed by atoms with van der Waals surface area (Å²) in [5, 5.41) is 10.2. The minimum Gasteiger partial charge on any atom is -0.357 e. The molecule has 2 fully saturated rings. The zero-order valence-electron chi connectivity index (χ0n) is 6.41. The molecule has 65 valence electrons. The molecule has 0 bridgehead atoms. The van der Waals surface area contributed by atoms with Crippen molar-refractivity contribution in [3.05, 3.63) is 0 Å². The number of rotatable bonds is 1. The Kier molecular flexibility index (Phi) is 1.76. The number of hydrogen-bond acceptors (Lipinski definition) is 2. The lowest BCUT2D eigenvalue weighted by atomic mass is 10.4. The smallest absolute Gasteiger partial charge is 0.319 e. The summed E-state index contributed by atoms with van der Waals surface area (Å²) in [7, 11) is 0. The molecule has 1 unspecified atom stereocenters. The van der Waals surface area contributed by atoms with E-state index in [1.54, 1.807) is 4.90 Å². The van der Waals surface area contributed by atoms with Crippen molar-refractivity contribution in [2.75, 3.05) is 19.6 Å². The first-order valence-electron chi connectivity index (χ1n) is 3.80. The number of hydrogen-bond donors (Lipinski definition) is 2. The molecule has 2 saturated heterocycles. The van der Waals surface area contributed by atoms with Gasteiger partial charge in [-0.2, -0.15) is 0 Å². The third-order valence-electron chi connectivity index (χ3n) is 1.95. The molecule has 2 N–H and O–H groups in total. The van der Waals surface area contributed by atoms with E-state index in [-0.39, 0.29) is 12.2 Å². The van der Waals surface area contributed by atoms with Crippen LogP contribution in [0.4, 0.5) is 4.79 Å². The topological polar surface area (TPSA) is 58.5 Å². The Bertz CT molecular complexity index is 232. The van der Waals surface area contributed by atoms with Gasteiger partial charge in [-0.15, -0.1) is 0 Å². The van der Waals surface area contributed by atoms with Crippen LogP contribution < -0.4 is 16.0 Å². The lowest BCUT2D eigenvalue weighted by molar-refractivity contribution is 0.197. The van der Waals surface area contributed by atoms with E-state index in [1.807, 2.05) is 0 Å². The predicted octanol–water partition coefficient (Wildman–Crippen LogP) is -1.17. The highest BCUT2D eigenvalue weighted by molar-refractivity contribution is 7.80. The standard InChI is InChI=1S/C6H9N4OS/c11-6-7-1-2-10(6)4-3-8-5(12)9-4/h4H,1-3H2,(H,7,11)(H,8,12). The van der Waals surface area contributed by atoms with Gasteiger partial charge in [0, 0.05) is 13.1 Å². The predicted molar refractivity (Wildman–Crippen MR) is 46.6 cm³/mol. The molecule has 0 aromatic heterocycles. The van der Waals surface area contributed by atoms with Crippen LogP contribution in [0.25, 0.3) is 0 Å². The fraction of sp³-hybridized carbons (Fsp3) is 0.667. The molecule has 1 radical (unpaired) electrons. The van der Waals surface area contributed by atoms with Gasteiger partial charge in [-0.1, -0.05) is 0 Å². The second-order valence-electron chi connectivity index (χ2n) is 2.72. The monoisotopic (exact) mass is 185 g/mol. The number of amides is 2. The van der Waals surface area contributed by atoms with Crippen molar-refractivity contribution in [2.45, 2.75) is 6.17 Å². The van der Waals surface area contributed by atoms with Crippen molar-refractivity contribution in [3.63, 3.8) is 0 Å². The van der Waals surface area contributed by atoms with E-state index < -0.39 is 0 Å². The van der Waals surface area contributed by atoms with Gasteiger partial charge < -0.3 is 10.6 Å². The first-order valence-corrected chi connectivity index (χ1v) is 4.21. The zero-order chi connectivity index (χ0) is 8.55. The minimum atomic E-state index is -0.0972. The van der Waals surface area contributed by atoms with Crippen LogP contribution in [0.15, 0.2) is 0 Å². The van der Waals surface area contributed by atoms with Gasteiger partial charge in [0.1, 0.15) is 6.17 Å². The largest absolute Gasteiger partial charge is 0.357 e. The van der Waals surface area contributed by atoms with Crippen molar-refractivity contribution in [1.29, 1.82) is 0 Å². The van der Waals surface area contributed by atoms with Crippen LogP contribution in [-0.2, 0) is 0 Å². The van der Waals surface area contributed by atoms with Crippen LogP contribution in [0.2, 0.25) is 0 Å². The maximum atomic E-state index is 11.2. The van der Waals surface area contributed by atoms with Crippen LogP contribution in [0.3, 0.4) is 0 Å². The van der Waals surface area contributed by atoms with Crippen LogP contribution >= 0.6 is 12.2 Å². The van der Waals surface area contributed by atoms with Crippen molar-refractivity contribution in [1.82, 2.24) is 20.9 Å². The van der Waals surface area contributed by atoms with E-state index in [9.17, 15) is 4.79 Å². The van der Waals surface area contributed by atoms with Gasteiger partial charge in [-0.3, -0.25) is 4.90 Å². The number of carbonyl (C=O) groups is 1. The van der Waals surface area contributed by atoms with Gasteiger partial charge in [0.05, 0.1) is 6.54 Å². The summed E-state index contributed by atoms with van der Waals surface area (Å²) in [4.78, 5) is 12.8. The van der Waals surface area contributed by atoms with E-state index in [1.165, 1.54) is 0 Å². The molecular formula is C6H9N4OS. The molecular weight excluding hydrogens is 176 g/mol.